The van der Waals surface area contributed by atoms with Crippen molar-refractivity contribution in [3.63, 3.8) is 0 Å². The quantitative estimate of drug-likeness (QED) is 0.883. The molecule has 7 nitrogen and oxygen atoms in total. The molecule has 0 unspecified atom stereocenters. The van der Waals surface area contributed by atoms with E-state index in [1.165, 1.54) is 0 Å². The lowest BCUT2D eigenvalue weighted by atomic mass is 10.1. The van der Waals surface area contributed by atoms with E-state index < -0.39 is 0 Å². The van der Waals surface area contributed by atoms with E-state index in [0.717, 1.165) is 35.6 Å². The van der Waals surface area contributed by atoms with Crippen LogP contribution in [-0.2, 0) is 4.74 Å². The van der Waals surface area contributed by atoms with E-state index in [1.807, 2.05) is 20.0 Å². The molecule has 0 saturated carbocycles. The smallest absolute Gasteiger partial charge is 0.227 e. The summed E-state index contributed by atoms with van der Waals surface area (Å²) in [5.74, 6) is 1.38. The number of nitrogens with zero attached hydrogens (tertiary/aromatic N) is 4. The highest BCUT2D eigenvalue weighted by Gasteiger charge is 2.31. The second-order valence-electron chi connectivity index (χ2n) is 6.17. The summed E-state index contributed by atoms with van der Waals surface area (Å²) in [6, 6.07) is 2.21. The molecule has 0 bridgehead atoms. The van der Waals surface area contributed by atoms with E-state index in [2.05, 4.69) is 44.5 Å². The molecule has 0 spiro atoms. The Balaban J connectivity index is 1.98. The summed E-state index contributed by atoms with van der Waals surface area (Å²) in [6.45, 7) is 5.83. The first-order valence-corrected chi connectivity index (χ1v) is 7.83. The van der Waals surface area contributed by atoms with Crippen molar-refractivity contribution in [1.29, 1.82) is 0 Å². The average Bonchev–Trinajstić information content (AvgIpc) is 2.85. The van der Waals surface area contributed by atoms with E-state index in [9.17, 15) is 0 Å². The van der Waals surface area contributed by atoms with Crippen LogP contribution in [0.25, 0.3) is 11.0 Å². The first-order valence-electron chi connectivity index (χ1n) is 7.83. The van der Waals surface area contributed by atoms with Crippen LogP contribution < -0.4 is 10.6 Å². The Kier molecular flexibility index (Phi) is 4.32. The largest absolute Gasteiger partial charge is 0.378 e. The van der Waals surface area contributed by atoms with Crippen LogP contribution in [0.3, 0.4) is 0 Å². The Morgan fingerprint density at radius 2 is 2.00 bits per heavy atom. The van der Waals surface area contributed by atoms with E-state index in [-0.39, 0.29) is 12.1 Å². The molecule has 3 heterocycles. The lowest BCUT2D eigenvalue weighted by molar-refractivity contribution is 0.104. The van der Waals surface area contributed by atoms with Crippen LogP contribution in [0, 0.1) is 13.8 Å². The van der Waals surface area contributed by atoms with Crippen molar-refractivity contribution >= 4 is 22.8 Å². The van der Waals surface area contributed by atoms with Crippen LogP contribution in [0.5, 0.6) is 0 Å². The highest BCUT2D eigenvalue weighted by Crippen LogP contribution is 2.25. The molecule has 2 N–H and O–H groups in total. The zero-order chi connectivity index (χ0) is 16.6. The van der Waals surface area contributed by atoms with Gasteiger partial charge in [0.1, 0.15) is 5.82 Å². The van der Waals surface area contributed by atoms with Crippen molar-refractivity contribution < 1.29 is 4.74 Å². The lowest BCUT2D eigenvalue weighted by Gasteiger charge is -2.19. The van der Waals surface area contributed by atoms with Gasteiger partial charge in [0, 0.05) is 32.9 Å². The van der Waals surface area contributed by atoms with Crippen molar-refractivity contribution in [1.82, 2.24) is 19.9 Å². The molecule has 0 amide bonds. The molecule has 1 aliphatic rings. The molecule has 0 aromatic carbocycles. The Labute approximate surface area is 136 Å². The normalized spacial score (nSPS) is 21.8. The third-order valence-electron chi connectivity index (χ3n) is 4.29. The minimum absolute atomic E-state index is 0.129. The number of likely N-dealkylation sites (N-methyl/N-ethyl adjacent to an activating group) is 1. The maximum absolute atomic E-state index is 5.56. The van der Waals surface area contributed by atoms with Crippen LogP contribution in [0.2, 0.25) is 0 Å². The summed E-state index contributed by atoms with van der Waals surface area (Å²) in [5.41, 5.74) is 2.79. The van der Waals surface area contributed by atoms with Gasteiger partial charge in [-0.1, -0.05) is 0 Å². The van der Waals surface area contributed by atoms with Gasteiger partial charge in [0.15, 0.2) is 5.65 Å². The third-order valence-corrected chi connectivity index (χ3v) is 4.29. The fraction of sp³-hybridized carbons (Fsp3) is 0.562. The molecule has 0 radical (unpaired) electrons. The van der Waals surface area contributed by atoms with Crippen molar-refractivity contribution in [3.8, 4) is 0 Å². The van der Waals surface area contributed by atoms with Gasteiger partial charge in [-0.05, 0) is 32.5 Å². The van der Waals surface area contributed by atoms with Gasteiger partial charge in [-0.2, -0.15) is 9.97 Å². The molecule has 124 valence electrons. The van der Waals surface area contributed by atoms with Crippen LogP contribution in [0.4, 0.5) is 11.8 Å². The number of hydrogen-bond acceptors (Lipinski definition) is 7. The van der Waals surface area contributed by atoms with Crippen LogP contribution in [0.15, 0.2) is 6.07 Å². The fourth-order valence-corrected chi connectivity index (χ4v) is 3.23. The maximum Gasteiger partial charge on any atom is 0.227 e. The number of methoxy groups -OCH3 is 1. The topological polar surface area (TPSA) is 75.2 Å². The number of rotatable bonds is 4. The van der Waals surface area contributed by atoms with Crippen LogP contribution in [0.1, 0.15) is 11.3 Å². The van der Waals surface area contributed by atoms with Crippen molar-refractivity contribution in [2.24, 2.45) is 0 Å². The second-order valence-corrected chi connectivity index (χ2v) is 6.17. The Morgan fingerprint density at radius 1 is 1.22 bits per heavy atom. The molecule has 3 rings (SSSR count). The number of ether oxygens (including phenoxy) is 1. The molecule has 2 aromatic heterocycles. The summed E-state index contributed by atoms with van der Waals surface area (Å²) in [4.78, 5) is 16.0. The van der Waals surface area contributed by atoms with E-state index >= 15 is 0 Å². The summed E-state index contributed by atoms with van der Waals surface area (Å²) >= 11 is 0. The molecule has 1 fully saturated rings. The maximum atomic E-state index is 5.56. The van der Waals surface area contributed by atoms with Crippen LogP contribution >= 0.6 is 0 Å². The van der Waals surface area contributed by atoms with E-state index in [4.69, 9.17) is 4.74 Å². The van der Waals surface area contributed by atoms with E-state index in [0.29, 0.717) is 11.6 Å². The summed E-state index contributed by atoms with van der Waals surface area (Å²) in [5, 5.41) is 7.53. The molecule has 2 aromatic rings. The predicted octanol–water partition coefficient (Wildman–Crippen LogP) is 1.42. The third kappa shape index (κ3) is 3.07. The number of aryl methyl sites for hydroxylation is 2. The van der Waals surface area contributed by atoms with Gasteiger partial charge in [-0.15, -0.1) is 0 Å². The second kappa shape index (κ2) is 6.25. The molecule has 1 saturated heterocycles. The summed E-state index contributed by atoms with van der Waals surface area (Å²) in [6.07, 6.45) is 0.129. The summed E-state index contributed by atoms with van der Waals surface area (Å²) < 4.78 is 5.56. The molecule has 0 aliphatic carbocycles. The van der Waals surface area contributed by atoms with E-state index in [1.54, 1.807) is 7.11 Å². The van der Waals surface area contributed by atoms with Gasteiger partial charge in [0.05, 0.1) is 17.5 Å². The number of fused-ring (bicyclic) bond motifs is 1. The number of aromatic nitrogens is 3. The van der Waals surface area contributed by atoms with Crippen molar-refractivity contribution in [2.45, 2.75) is 26.0 Å². The van der Waals surface area contributed by atoms with Gasteiger partial charge in [0.25, 0.3) is 0 Å². The lowest BCUT2D eigenvalue weighted by Crippen LogP contribution is -2.34. The monoisotopic (exact) mass is 316 g/mol. The standard InChI is InChI=1S/C16H24N6O/c1-9-6-10(2)18-15-13(9)14(17-3)20-16(21-15)19-11-7-22(4)8-12(11)23-5/h6,11-12H,7-8H2,1-5H3,(H2,17,18,19,20,21)/t11-,12-/m0/s1. The van der Waals surface area contributed by atoms with Gasteiger partial charge in [-0.3, -0.25) is 0 Å². The number of anilines is 2. The summed E-state index contributed by atoms with van der Waals surface area (Å²) in [7, 11) is 5.70. The van der Waals surface area contributed by atoms with Gasteiger partial charge in [0.2, 0.25) is 5.95 Å². The van der Waals surface area contributed by atoms with Crippen molar-refractivity contribution in [2.75, 3.05) is 44.9 Å². The molecule has 23 heavy (non-hydrogen) atoms. The number of nitrogens with one attached hydrogen (secondary N) is 2. The molecule has 1 aliphatic heterocycles. The molecule has 7 heteroatoms. The zero-order valence-corrected chi connectivity index (χ0v) is 14.3. The van der Waals surface area contributed by atoms with Crippen LogP contribution in [-0.4, -0.2) is 66.3 Å². The minimum atomic E-state index is 0.129. The molecular weight excluding hydrogens is 292 g/mol. The van der Waals surface area contributed by atoms with Gasteiger partial charge < -0.3 is 20.3 Å². The minimum Gasteiger partial charge on any atom is -0.378 e. The highest BCUT2D eigenvalue weighted by molar-refractivity contribution is 5.90. The van der Waals surface area contributed by atoms with Gasteiger partial charge in [-0.25, -0.2) is 4.98 Å². The first-order chi connectivity index (χ1) is 11.0. The zero-order valence-electron chi connectivity index (χ0n) is 14.3. The number of pyridine rings is 1. The average molecular weight is 316 g/mol. The Hall–Kier alpha value is -1.99. The Bertz CT molecular complexity index is 719. The fourth-order valence-electron chi connectivity index (χ4n) is 3.23. The first kappa shape index (κ1) is 15.9. The highest BCUT2D eigenvalue weighted by atomic mass is 16.5. The molecular formula is C16H24N6O. The predicted molar refractivity (Wildman–Crippen MR) is 92.1 cm³/mol. The number of likely N-dealkylation sites (tertiary alicyclic amines) is 1. The van der Waals surface area contributed by atoms with Crippen molar-refractivity contribution in [3.05, 3.63) is 17.3 Å². The van der Waals surface area contributed by atoms with Gasteiger partial charge >= 0.3 is 0 Å². The molecule has 2 atom stereocenters. The SMILES string of the molecule is CNc1nc(N[C@H]2CN(C)C[C@@H]2OC)nc2nc(C)cc(C)c12. The number of hydrogen-bond donors (Lipinski definition) is 2. The Morgan fingerprint density at radius 3 is 2.70 bits per heavy atom.